The largest absolute Gasteiger partial charge is 0.224 e. The zero-order valence-electron chi connectivity index (χ0n) is 10.2. The van der Waals surface area contributed by atoms with E-state index in [4.69, 9.17) is 5.26 Å². The van der Waals surface area contributed by atoms with Crippen molar-refractivity contribution in [3.8, 4) is 6.07 Å². The number of nitrogens with zero attached hydrogens (tertiary/aromatic N) is 1. The molecule has 0 saturated carbocycles. The summed E-state index contributed by atoms with van der Waals surface area (Å²) >= 11 is 0. The third-order valence-electron chi connectivity index (χ3n) is 2.62. The van der Waals surface area contributed by atoms with Crippen molar-refractivity contribution in [2.45, 2.75) is 31.6 Å². The minimum atomic E-state index is -3.20. The van der Waals surface area contributed by atoms with Gasteiger partial charge in [0.15, 0.2) is 9.84 Å². The molecule has 1 aromatic carbocycles. The van der Waals surface area contributed by atoms with Crippen molar-refractivity contribution in [1.82, 2.24) is 0 Å². The fourth-order valence-electron chi connectivity index (χ4n) is 1.51. The average Bonchev–Trinajstić information content (AvgIpc) is 2.30. The fraction of sp³-hybridized carbons (Fsp3) is 0.462. The molecular formula is C13H17NO2S. The van der Waals surface area contributed by atoms with Crippen molar-refractivity contribution in [3.63, 3.8) is 0 Å². The number of hydrogen-bond acceptors (Lipinski definition) is 3. The maximum atomic E-state index is 11.9. The number of sulfone groups is 1. The summed E-state index contributed by atoms with van der Waals surface area (Å²) in [5.74, 6) is 0.0993. The first-order valence-electron chi connectivity index (χ1n) is 5.56. The summed E-state index contributed by atoms with van der Waals surface area (Å²) in [4.78, 5) is 0.356. The van der Waals surface area contributed by atoms with Gasteiger partial charge in [-0.25, -0.2) is 8.42 Å². The molecule has 4 heteroatoms. The zero-order chi connectivity index (χ0) is 12.9. The molecule has 0 amide bonds. The topological polar surface area (TPSA) is 57.9 Å². The molecule has 17 heavy (non-hydrogen) atoms. The van der Waals surface area contributed by atoms with Gasteiger partial charge in [0.2, 0.25) is 0 Å². The highest BCUT2D eigenvalue weighted by molar-refractivity contribution is 7.91. The highest BCUT2D eigenvalue weighted by Crippen LogP contribution is 2.22. The Labute approximate surface area is 103 Å². The Hall–Kier alpha value is -1.34. The van der Waals surface area contributed by atoms with E-state index < -0.39 is 15.3 Å². The van der Waals surface area contributed by atoms with Crippen LogP contribution in [0.15, 0.2) is 35.2 Å². The predicted octanol–water partition coefficient (Wildman–Crippen LogP) is 2.79. The third-order valence-corrected chi connectivity index (χ3v) is 4.44. The first-order chi connectivity index (χ1) is 7.87. The molecule has 1 rings (SSSR count). The van der Waals surface area contributed by atoms with Crippen molar-refractivity contribution in [3.05, 3.63) is 30.3 Å². The minimum absolute atomic E-state index is 0.0993. The van der Waals surface area contributed by atoms with Crippen LogP contribution in [0.3, 0.4) is 0 Å². The van der Waals surface area contributed by atoms with Crippen LogP contribution in [0.4, 0.5) is 0 Å². The molecule has 3 nitrogen and oxygen atoms in total. The summed E-state index contributed by atoms with van der Waals surface area (Å²) in [6.45, 7) is 3.64. The standard InChI is InChI=1S/C13H17NO2S/c1-13(2,11-14)9-6-10-17(15,16)12-7-4-3-5-8-12/h3-5,7-8H,6,9-10H2,1-2H3. The second kappa shape index (κ2) is 5.33. The smallest absolute Gasteiger partial charge is 0.178 e. The van der Waals surface area contributed by atoms with Gasteiger partial charge < -0.3 is 0 Å². The Morgan fingerprint density at radius 2 is 1.82 bits per heavy atom. The van der Waals surface area contributed by atoms with Crippen molar-refractivity contribution in [2.24, 2.45) is 5.41 Å². The van der Waals surface area contributed by atoms with Gasteiger partial charge in [-0.15, -0.1) is 0 Å². The molecule has 1 aromatic rings. The average molecular weight is 251 g/mol. The van der Waals surface area contributed by atoms with Crippen molar-refractivity contribution < 1.29 is 8.42 Å². The summed E-state index contributed by atoms with van der Waals surface area (Å²) in [6.07, 6.45) is 1.10. The van der Waals surface area contributed by atoms with Gasteiger partial charge in [-0.05, 0) is 38.8 Å². The maximum absolute atomic E-state index is 11.9. The minimum Gasteiger partial charge on any atom is -0.224 e. The van der Waals surface area contributed by atoms with Crippen LogP contribution in [0.25, 0.3) is 0 Å². The lowest BCUT2D eigenvalue weighted by Crippen LogP contribution is -2.12. The molecule has 0 fully saturated rings. The van der Waals surface area contributed by atoms with E-state index in [-0.39, 0.29) is 5.75 Å². The molecule has 0 radical (unpaired) electrons. The third kappa shape index (κ3) is 4.20. The van der Waals surface area contributed by atoms with Gasteiger partial charge in [-0.2, -0.15) is 5.26 Å². The number of hydrogen-bond donors (Lipinski definition) is 0. The predicted molar refractivity (Wildman–Crippen MR) is 67.1 cm³/mol. The zero-order valence-corrected chi connectivity index (χ0v) is 11.0. The lowest BCUT2D eigenvalue weighted by Gasteiger charge is -2.14. The highest BCUT2D eigenvalue weighted by Gasteiger charge is 2.19. The molecule has 92 valence electrons. The van der Waals surface area contributed by atoms with Gasteiger partial charge in [-0.3, -0.25) is 0 Å². The monoisotopic (exact) mass is 251 g/mol. The van der Waals surface area contributed by atoms with Crippen LogP contribution in [0, 0.1) is 16.7 Å². The van der Waals surface area contributed by atoms with Crippen LogP contribution >= 0.6 is 0 Å². The van der Waals surface area contributed by atoms with Crippen molar-refractivity contribution >= 4 is 9.84 Å². The first-order valence-corrected chi connectivity index (χ1v) is 7.22. The molecule has 0 N–H and O–H groups in total. The molecule has 0 aromatic heterocycles. The van der Waals surface area contributed by atoms with Crippen LogP contribution in [0.5, 0.6) is 0 Å². The molecule has 0 saturated heterocycles. The van der Waals surface area contributed by atoms with Crippen LogP contribution < -0.4 is 0 Å². The second-order valence-corrected chi connectivity index (χ2v) is 6.84. The van der Waals surface area contributed by atoms with Gasteiger partial charge in [0.05, 0.1) is 22.1 Å². The van der Waals surface area contributed by atoms with E-state index in [1.54, 1.807) is 30.3 Å². The van der Waals surface area contributed by atoms with E-state index in [0.29, 0.717) is 17.7 Å². The molecule has 0 aliphatic heterocycles. The lowest BCUT2D eigenvalue weighted by molar-refractivity contribution is 0.445. The molecule has 0 spiro atoms. The van der Waals surface area contributed by atoms with Gasteiger partial charge >= 0.3 is 0 Å². The van der Waals surface area contributed by atoms with Gasteiger partial charge in [0.25, 0.3) is 0 Å². The molecular weight excluding hydrogens is 234 g/mol. The van der Waals surface area contributed by atoms with Gasteiger partial charge in [-0.1, -0.05) is 18.2 Å². The Bertz CT molecular complexity index is 498. The summed E-state index contributed by atoms with van der Waals surface area (Å²) in [5.41, 5.74) is -0.452. The second-order valence-electron chi connectivity index (χ2n) is 4.73. The Morgan fingerprint density at radius 1 is 1.24 bits per heavy atom. The first kappa shape index (κ1) is 13.7. The van der Waals surface area contributed by atoms with E-state index in [1.165, 1.54) is 0 Å². The molecule has 0 aliphatic rings. The van der Waals surface area contributed by atoms with Gasteiger partial charge in [0.1, 0.15) is 0 Å². The summed E-state index contributed by atoms with van der Waals surface area (Å²) in [5, 5.41) is 8.84. The van der Waals surface area contributed by atoms with E-state index >= 15 is 0 Å². The number of benzene rings is 1. The van der Waals surface area contributed by atoms with Gasteiger partial charge in [0, 0.05) is 0 Å². The van der Waals surface area contributed by atoms with Crippen LogP contribution in [-0.2, 0) is 9.84 Å². The number of nitriles is 1. The SMILES string of the molecule is CC(C)(C#N)CCCS(=O)(=O)c1ccccc1. The maximum Gasteiger partial charge on any atom is 0.178 e. The quantitative estimate of drug-likeness (QED) is 0.808. The van der Waals surface area contributed by atoms with Crippen LogP contribution in [0.1, 0.15) is 26.7 Å². The fourth-order valence-corrected chi connectivity index (χ4v) is 2.84. The number of rotatable bonds is 5. The van der Waals surface area contributed by atoms with E-state index in [9.17, 15) is 8.42 Å². The Morgan fingerprint density at radius 3 is 2.35 bits per heavy atom. The van der Waals surface area contributed by atoms with E-state index in [0.717, 1.165) is 0 Å². The summed E-state index contributed by atoms with van der Waals surface area (Å²) < 4.78 is 23.8. The summed E-state index contributed by atoms with van der Waals surface area (Å²) in [7, 11) is -3.20. The molecule has 0 heterocycles. The van der Waals surface area contributed by atoms with Crippen molar-refractivity contribution in [2.75, 3.05) is 5.75 Å². The highest BCUT2D eigenvalue weighted by atomic mass is 32.2. The molecule has 0 bridgehead atoms. The van der Waals surface area contributed by atoms with Crippen molar-refractivity contribution in [1.29, 1.82) is 5.26 Å². The Balaban J connectivity index is 2.62. The van der Waals surface area contributed by atoms with E-state index in [1.807, 2.05) is 13.8 Å². The van der Waals surface area contributed by atoms with Crippen LogP contribution in [0.2, 0.25) is 0 Å². The molecule has 0 aliphatic carbocycles. The van der Waals surface area contributed by atoms with Crippen LogP contribution in [-0.4, -0.2) is 14.2 Å². The lowest BCUT2D eigenvalue weighted by atomic mass is 9.90. The Kier molecular flexibility index (Phi) is 4.30. The molecule has 0 atom stereocenters. The molecule has 0 unspecified atom stereocenters. The van der Waals surface area contributed by atoms with E-state index in [2.05, 4.69) is 6.07 Å². The normalized spacial score (nSPS) is 12.1. The summed E-state index contributed by atoms with van der Waals surface area (Å²) in [6, 6.07) is 10.6.